The highest BCUT2D eigenvalue weighted by molar-refractivity contribution is 7.92. The first-order valence-corrected chi connectivity index (χ1v) is 11.4. The van der Waals surface area contributed by atoms with Gasteiger partial charge in [0.05, 0.1) is 33.3 Å². The van der Waals surface area contributed by atoms with Gasteiger partial charge in [0.15, 0.2) is 0 Å². The highest BCUT2D eigenvalue weighted by atomic mass is 32.2. The first kappa shape index (κ1) is 18.0. The van der Waals surface area contributed by atoms with E-state index in [1.807, 2.05) is 43.5 Å². The number of nitrogens with zero attached hydrogens (tertiary/aromatic N) is 3. The number of rotatable bonds is 6. The van der Waals surface area contributed by atoms with Gasteiger partial charge < -0.3 is 0 Å². The zero-order valence-corrected chi connectivity index (χ0v) is 16.7. The molecule has 5 nitrogen and oxygen atoms in total. The van der Waals surface area contributed by atoms with Crippen molar-refractivity contribution in [1.82, 2.24) is 9.97 Å². The second kappa shape index (κ2) is 7.23. The van der Waals surface area contributed by atoms with Crippen LogP contribution in [0, 0.1) is 6.92 Å². The van der Waals surface area contributed by atoms with Crippen LogP contribution in [0.2, 0.25) is 0 Å². The Labute approximate surface area is 156 Å². The van der Waals surface area contributed by atoms with Crippen LogP contribution in [0.15, 0.2) is 35.0 Å². The second-order valence-electron chi connectivity index (χ2n) is 5.64. The van der Waals surface area contributed by atoms with Gasteiger partial charge in [0.25, 0.3) is 0 Å². The summed E-state index contributed by atoms with van der Waals surface area (Å²) < 4.78 is 25.0. The average Bonchev–Trinajstić information content (AvgIpc) is 3.17. The maximum atomic E-state index is 11.8. The maximum absolute atomic E-state index is 11.8. The van der Waals surface area contributed by atoms with Gasteiger partial charge in [-0.15, -0.1) is 22.7 Å². The van der Waals surface area contributed by atoms with E-state index >= 15 is 0 Å². The third kappa shape index (κ3) is 4.26. The van der Waals surface area contributed by atoms with Crippen molar-refractivity contribution in [1.29, 1.82) is 0 Å². The fourth-order valence-electron chi connectivity index (χ4n) is 2.58. The van der Waals surface area contributed by atoms with E-state index in [1.54, 1.807) is 22.7 Å². The molecule has 1 aromatic carbocycles. The summed E-state index contributed by atoms with van der Waals surface area (Å²) in [7, 11) is -3.26. The molecule has 0 bridgehead atoms. The SMILES string of the molecule is CCN(c1ccc(-c2csc(Cc3csc(C)n3)n2)cc1)S(C)(=O)=O. The fourth-order valence-corrected chi connectivity index (χ4v) is 4.98. The molecule has 25 heavy (non-hydrogen) atoms. The number of sulfonamides is 1. The summed E-state index contributed by atoms with van der Waals surface area (Å²) in [6.07, 6.45) is 1.96. The van der Waals surface area contributed by atoms with Gasteiger partial charge in [-0.1, -0.05) is 12.1 Å². The molecule has 0 aliphatic carbocycles. The zero-order chi connectivity index (χ0) is 18.0. The normalized spacial score (nSPS) is 11.6. The van der Waals surface area contributed by atoms with Crippen LogP contribution in [-0.2, 0) is 16.4 Å². The minimum absolute atomic E-state index is 0.409. The molecule has 0 aliphatic heterocycles. The van der Waals surface area contributed by atoms with Crippen LogP contribution in [0.4, 0.5) is 5.69 Å². The summed E-state index contributed by atoms with van der Waals surface area (Å²) in [6.45, 7) is 4.23. The molecule has 2 aromatic heterocycles. The van der Waals surface area contributed by atoms with Crippen LogP contribution in [-0.4, -0.2) is 31.2 Å². The van der Waals surface area contributed by atoms with Gasteiger partial charge in [0, 0.05) is 29.3 Å². The predicted octanol–water partition coefficient (Wildman–Crippen LogP) is 3.95. The highest BCUT2D eigenvalue weighted by Crippen LogP contribution is 2.26. The van der Waals surface area contributed by atoms with E-state index in [0.29, 0.717) is 12.2 Å². The highest BCUT2D eigenvalue weighted by Gasteiger charge is 2.15. The monoisotopic (exact) mass is 393 g/mol. The van der Waals surface area contributed by atoms with E-state index in [-0.39, 0.29) is 0 Å². The second-order valence-corrected chi connectivity index (χ2v) is 9.55. The number of aromatic nitrogens is 2. The maximum Gasteiger partial charge on any atom is 0.232 e. The summed E-state index contributed by atoms with van der Waals surface area (Å²) in [5.74, 6) is 0. The molecule has 0 amide bonds. The Morgan fingerprint density at radius 1 is 1.08 bits per heavy atom. The van der Waals surface area contributed by atoms with Crippen LogP contribution in [0.5, 0.6) is 0 Å². The van der Waals surface area contributed by atoms with Crippen molar-refractivity contribution < 1.29 is 8.42 Å². The Morgan fingerprint density at radius 3 is 2.36 bits per heavy atom. The van der Waals surface area contributed by atoms with Crippen molar-refractivity contribution in [3.8, 4) is 11.3 Å². The Bertz CT molecular complexity index is 959. The van der Waals surface area contributed by atoms with Crippen LogP contribution in [0.1, 0.15) is 22.6 Å². The molecular formula is C17H19N3O2S3. The van der Waals surface area contributed by atoms with E-state index in [2.05, 4.69) is 15.3 Å². The minimum atomic E-state index is -3.26. The summed E-state index contributed by atoms with van der Waals surface area (Å²) in [4.78, 5) is 9.15. The number of hydrogen-bond donors (Lipinski definition) is 0. The summed E-state index contributed by atoms with van der Waals surface area (Å²) in [5.41, 5.74) is 3.60. The number of benzene rings is 1. The molecule has 2 heterocycles. The Hall–Kier alpha value is -1.77. The molecule has 0 unspecified atom stereocenters. The molecule has 0 fully saturated rings. The van der Waals surface area contributed by atoms with Crippen LogP contribution >= 0.6 is 22.7 Å². The smallest absolute Gasteiger partial charge is 0.232 e. The van der Waals surface area contributed by atoms with Gasteiger partial charge in [-0.2, -0.15) is 0 Å². The molecule has 132 valence electrons. The standard InChI is InChI=1S/C17H19N3O2S3/c1-4-20(25(3,21)22)15-7-5-13(6-8-15)16-11-24-17(19-16)9-14-10-23-12(2)18-14/h5-8,10-11H,4,9H2,1-3H3. The molecule has 0 atom stereocenters. The van der Waals surface area contributed by atoms with E-state index in [9.17, 15) is 8.42 Å². The van der Waals surface area contributed by atoms with Crippen molar-refractivity contribution in [3.05, 3.63) is 50.7 Å². The van der Waals surface area contributed by atoms with Gasteiger partial charge in [0.2, 0.25) is 10.0 Å². The number of aryl methyl sites for hydroxylation is 1. The molecule has 0 saturated carbocycles. The Kier molecular flexibility index (Phi) is 5.21. The van der Waals surface area contributed by atoms with E-state index < -0.39 is 10.0 Å². The molecule has 8 heteroatoms. The van der Waals surface area contributed by atoms with Crippen molar-refractivity contribution >= 4 is 38.4 Å². The van der Waals surface area contributed by atoms with Crippen LogP contribution < -0.4 is 4.31 Å². The first-order valence-electron chi connectivity index (χ1n) is 7.80. The first-order chi connectivity index (χ1) is 11.9. The number of thiazole rings is 2. The van der Waals surface area contributed by atoms with Crippen molar-refractivity contribution in [2.75, 3.05) is 17.1 Å². The Morgan fingerprint density at radius 2 is 1.80 bits per heavy atom. The van der Waals surface area contributed by atoms with Crippen LogP contribution in [0.3, 0.4) is 0 Å². The average molecular weight is 394 g/mol. The van der Waals surface area contributed by atoms with Crippen molar-refractivity contribution in [3.63, 3.8) is 0 Å². The summed E-state index contributed by atoms with van der Waals surface area (Å²) in [6, 6.07) is 7.47. The van der Waals surface area contributed by atoms with E-state index in [1.165, 1.54) is 10.6 Å². The van der Waals surface area contributed by atoms with Crippen LogP contribution in [0.25, 0.3) is 11.3 Å². The predicted molar refractivity (Wildman–Crippen MR) is 105 cm³/mol. The summed E-state index contributed by atoms with van der Waals surface area (Å²) >= 11 is 3.26. The van der Waals surface area contributed by atoms with Gasteiger partial charge in [-0.05, 0) is 26.0 Å². The van der Waals surface area contributed by atoms with Gasteiger partial charge in [-0.25, -0.2) is 18.4 Å². The molecule has 0 aliphatic rings. The largest absolute Gasteiger partial charge is 0.271 e. The fraction of sp³-hybridized carbons (Fsp3) is 0.294. The lowest BCUT2D eigenvalue weighted by Crippen LogP contribution is -2.29. The lowest BCUT2D eigenvalue weighted by molar-refractivity contribution is 0.598. The molecule has 3 aromatic rings. The third-order valence-electron chi connectivity index (χ3n) is 3.69. The van der Waals surface area contributed by atoms with E-state index in [0.717, 1.165) is 33.4 Å². The third-order valence-corrected chi connectivity index (χ3v) is 6.63. The quantitative estimate of drug-likeness (QED) is 0.636. The molecular weight excluding hydrogens is 374 g/mol. The van der Waals surface area contributed by atoms with E-state index in [4.69, 9.17) is 0 Å². The zero-order valence-electron chi connectivity index (χ0n) is 14.3. The number of anilines is 1. The molecule has 3 rings (SSSR count). The van der Waals surface area contributed by atoms with Gasteiger partial charge >= 0.3 is 0 Å². The molecule has 0 saturated heterocycles. The van der Waals surface area contributed by atoms with Crippen molar-refractivity contribution in [2.24, 2.45) is 0 Å². The lowest BCUT2D eigenvalue weighted by Gasteiger charge is -2.20. The number of hydrogen-bond acceptors (Lipinski definition) is 6. The van der Waals surface area contributed by atoms with Gasteiger partial charge in [-0.3, -0.25) is 4.31 Å². The Balaban J connectivity index is 1.79. The molecule has 0 spiro atoms. The topological polar surface area (TPSA) is 63.2 Å². The van der Waals surface area contributed by atoms with Gasteiger partial charge in [0.1, 0.15) is 0 Å². The minimum Gasteiger partial charge on any atom is -0.271 e. The summed E-state index contributed by atoms with van der Waals surface area (Å²) in [5, 5.41) is 6.18. The molecule has 0 radical (unpaired) electrons. The molecule has 0 N–H and O–H groups in total. The van der Waals surface area contributed by atoms with Crippen molar-refractivity contribution in [2.45, 2.75) is 20.3 Å². The lowest BCUT2D eigenvalue weighted by atomic mass is 10.1.